The van der Waals surface area contributed by atoms with Crippen LogP contribution in [0.1, 0.15) is 43.5 Å². The number of likely N-dealkylation sites (N-methyl/N-ethyl adjacent to an activating group) is 1. The fourth-order valence-corrected chi connectivity index (χ4v) is 2.46. The third-order valence-electron chi connectivity index (χ3n) is 3.51. The molecule has 3 heteroatoms. The van der Waals surface area contributed by atoms with Crippen LogP contribution >= 0.6 is 11.3 Å². The van der Waals surface area contributed by atoms with Gasteiger partial charge in [0.05, 0.1) is 0 Å². The lowest BCUT2D eigenvalue weighted by Crippen LogP contribution is -2.47. The van der Waals surface area contributed by atoms with Gasteiger partial charge in [0.15, 0.2) is 0 Å². The Bertz CT molecular complexity index is 342. The van der Waals surface area contributed by atoms with Crippen LogP contribution in [-0.4, -0.2) is 31.1 Å². The van der Waals surface area contributed by atoms with E-state index in [0.717, 1.165) is 13.0 Å². The number of aryl methyl sites for hydroxylation is 1. The summed E-state index contributed by atoms with van der Waals surface area (Å²) in [6.45, 7) is 9.98. The summed E-state index contributed by atoms with van der Waals surface area (Å²) in [6, 6.07) is 4.94. The number of nitrogens with zero attached hydrogens (tertiary/aromatic N) is 1. The molecule has 0 saturated carbocycles. The molecule has 0 aliphatic rings. The molecule has 1 N–H and O–H groups in total. The van der Waals surface area contributed by atoms with Crippen LogP contribution in [0.15, 0.2) is 12.1 Å². The molecule has 0 aliphatic heterocycles. The first-order valence-electron chi connectivity index (χ1n) is 6.36. The average Bonchev–Trinajstić information content (AvgIpc) is 2.74. The second-order valence-corrected chi connectivity index (χ2v) is 6.67. The standard InChI is InChI=1S/C14H26N2S/c1-7-12-8-9-13(17-12)11(2)15-10-14(3,4)16(5)6/h8-9,11,15H,7,10H2,1-6H3. The molecule has 0 amide bonds. The van der Waals surface area contributed by atoms with Gasteiger partial charge in [-0.25, -0.2) is 0 Å². The van der Waals surface area contributed by atoms with Gasteiger partial charge in [0.25, 0.3) is 0 Å². The molecule has 0 saturated heterocycles. The van der Waals surface area contributed by atoms with Crippen LogP contribution in [0.4, 0.5) is 0 Å². The molecule has 1 aromatic heterocycles. The minimum atomic E-state index is 0.194. The third-order valence-corrected chi connectivity index (χ3v) is 4.92. The second kappa shape index (κ2) is 5.98. The van der Waals surface area contributed by atoms with Crippen LogP contribution < -0.4 is 5.32 Å². The maximum Gasteiger partial charge on any atom is 0.0386 e. The molecule has 0 aliphatic carbocycles. The summed E-state index contributed by atoms with van der Waals surface area (Å²) < 4.78 is 0. The number of hydrogen-bond donors (Lipinski definition) is 1. The van der Waals surface area contributed by atoms with Crippen molar-refractivity contribution < 1.29 is 0 Å². The molecule has 0 spiro atoms. The molecule has 17 heavy (non-hydrogen) atoms. The zero-order valence-corrected chi connectivity index (χ0v) is 12.8. The molecule has 0 bridgehead atoms. The zero-order chi connectivity index (χ0) is 13.1. The topological polar surface area (TPSA) is 15.3 Å². The van der Waals surface area contributed by atoms with Crippen molar-refractivity contribution in [2.45, 2.75) is 45.7 Å². The van der Waals surface area contributed by atoms with Gasteiger partial charge in [0.1, 0.15) is 0 Å². The number of hydrogen-bond acceptors (Lipinski definition) is 3. The Morgan fingerprint density at radius 1 is 1.35 bits per heavy atom. The van der Waals surface area contributed by atoms with Crippen molar-refractivity contribution in [3.8, 4) is 0 Å². The van der Waals surface area contributed by atoms with Gasteiger partial charge in [-0.05, 0) is 53.4 Å². The zero-order valence-electron chi connectivity index (χ0n) is 12.0. The summed E-state index contributed by atoms with van der Waals surface area (Å²) in [7, 11) is 4.26. The molecular formula is C14H26N2S. The van der Waals surface area contributed by atoms with Gasteiger partial charge in [-0.3, -0.25) is 0 Å². The Morgan fingerprint density at radius 3 is 2.47 bits per heavy atom. The lowest BCUT2D eigenvalue weighted by molar-refractivity contribution is 0.185. The van der Waals surface area contributed by atoms with Gasteiger partial charge in [-0.15, -0.1) is 11.3 Å². The molecule has 1 atom stereocenters. The fourth-order valence-electron chi connectivity index (χ4n) is 1.48. The van der Waals surface area contributed by atoms with Gasteiger partial charge in [-0.1, -0.05) is 6.92 Å². The lowest BCUT2D eigenvalue weighted by atomic mass is 10.0. The first kappa shape index (κ1) is 14.7. The van der Waals surface area contributed by atoms with E-state index in [2.05, 4.69) is 64.1 Å². The van der Waals surface area contributed by atoms with Gasteiger partial charge >= 0.3 is 0 Å². The molecular weight excluding hydrogens is 228 g/mol. The minimum Gasteiger partial charge on any atom is -0.308 e. The summed E-state index contributed by atoms with van der Waals surface area (Å²) in [5.41, 5.74) is 0.194. The molecule has 1 heterocycles. The molecule has 98 valence electrons. The summed E-state index contributed by atoms with van der Waals surface area (Å²) in [6.07, 6.45) is 1.14. The maximum atomic E-state index is 3.63. The van der Waals surface area contributed by atoms with E-state index in [1.807, 2.05) is 11.3 Å². The van der Waals surface area contributed by atoms with Crippen LogP contribution in [-0.2, 0) is 6.42 Å². The SMILES string of the molecule is CCc1ccc(C(C)NCC(C)(C)N(C)C)s1. The Morgan fingerprint density at radius 2 is 2.00 bits per heavy atom. The third kappa shape index (κ3) is 4.09. The Balaban J connectivity index is 2.52. The van der Waals surface area contributed by atoms with Crippen molar-refractivity contribution in [2.24, 2.45) is 0 Å². The second-order valence-electron chi connectivity index (χ2n) is 5.47. The Kier molecular flexibility index (Phi) is 5.17. The maximum absolute atomic E-state index is 3.63. The summed E-state index contributed by atoms with van der Waals surface area (Å²) >= 11 is 1.92. The predicted octanol–water partition coefficient (Wildman–Crippen LogP) is 3.30. The van der Waals surface area contributed by atoms with E-state index in [4.69, 9.17) is 0 Å². The van der Waals surface area contributed by atoms with Crippen molar-refractivity contribution in [1.29, 1.82) is 0 Å². The largest absolute Gasteiger partial charge is 0.308 e. The lowest BCUT2D eigenvalue weighted by Gasteiger charge is -2.33. The van der Waals surface area contributed by atoms with Crippen molar-refractivity contribution in [2.75, 3.05) is 20.6 Å². The smallest absolute Gasteiger partial charge is 0.0386 e. The Labute approximate surface area is 110 Å². The normalized spacial score (nSPS) is 14.3. The molecule has 1 unspecified atom stereocenters. The van der Waals surface area contributed by atoms with Gasteiger partial charge < -0.3 is 10.2 Å². The monoisotopic (exact) mass is 254 g/mol. The minimum absolute atomic E-state index is 0.194. The van der Waals surface area contributed by atoms with Crippen LogP contribution in [0, 0.1) is 0 Å². The molecule has 0 aromatic carbocycles. The quantitative estimate of drug-likeness (QED) is 0.838. The predicted molar refractivity (Wildman–Crippen MR) is 77.9 cm³/mol. The molecule has 1 rings (SSSR count). The van der Waals surface area contributed by atoms with Gasteiger partial charge in [0.2, 0.25) is 0 Å². The molecule has 0 fully saturated rings. The first-order chi connectivity index (χ1) is 7.86. The first-order valence-corrected chi connectivity index (χ1v) is 7.18. The van der Waals surface area contributed by atoms with E-state index in [-0.39, 0.29) is 5.54 Å². The van der Waals surface area contributed by atoms with E-state index < -0.39 is 0 Å². The van der Waals surface area contributed by atoms with E-state index >= 15 is 0 Å². The van der Waals surface area contributed by atoms with Crippen molar-refractivity contribution in [3.05, 3.63) is 21.9 Å². The van der Waals surface area contributed by atoms with Gasteiger partial charge in [-0.2, -0.15) is 0 Å². The Hall–Kier alpha value is -0.380. The van der Waals surface area contributed by atoms with Crippen molar-refractivity contribution >= 4 is 11.3 Å². The van der Waals surface area contributed by atoms with E-state index in [1.165, 1.54) is 9.75 Å². The van der Waals surface area contributed by atoms with Crippen LogP contribution in [0.25, 0.3) is 0 Å². The molecule has 0 radical (unpaired) electrons. The van der Waals surface area contributed by atoms with Crippen LogP contribution in [0.5, 0.6) is 0 Å². The highest BCUT2D eigenvalue weighted by Gasteiger charge is 2.21. The van der Waals surface area contributed by atoms with E-state index in [9.17, 15) is 0 Å². The molecule has 1 aromatic rings. The highest BCUT2D eigenvalue weighted by atomic mass is 32.1. The van der Waals surface area contributed by atoms with Crippen molar-refractivity contribution in [1.82, 2.24) is 10.2 Å². The summed E-state index contributed by atoms with van der Waals surface area (Å²) in [4.78, 5) is 5.18. The highest BCUT2D eigenvalue weighted by Crippen LogP contribution is 2.24. The number of nitrogens with one attached hydrogen (secondary N) is 1. The fraction of sp³-hybridized carbons (Fsp3) is 0.714. The van der Waals surface area contributed by atoms with E-state index in [0.29, 0.717) is 6.04 Å². The summed E-state index contributed by atoms with van der Waals surface area (Å²) in [5.74, 6) is 0. The average molecular weight is 254 g/mol. The molecule has 2 nitrogen and oxygen atoms in total. The number of thiophene rings is 1. The van der Waals surface area contributed by atoms with Crippen molar-refractivity contribution in [3.63, 3.8) is 0 Å². The van der Waals surface area contributed by atoms with Crippen LogP contribution in [0.2, 0.25) is 0 Å². The van der Waals surface area contributed by atoms with Gasteiger partial charge in [0, 0.05) is 27.9 Å². The van der Waals surface area contributed by atoms with Crippen LogP contribution in [0.3, 0.4) is 0 Å². The highest BCUT2D eigenvalue weighted by molar-refractivity contribution is 7.12. The van der Waals surface area contributed by atoms with E-state index in [1.54, 1.807) is 0 Å². The summed E-state index contributed by atoms with van der Waals surface area (Å²) in [5, 5.41) is 3.63. The number of rotatable bonds is 6.